The number of benzene rings is 1. The van der Waals surface area contributed by atoms with Gasteiger partial charge in [-0.3, -0.25) is 0 Å². The highest BCUT2D eigenvalue weighted by Gasteiger charge is 2.10. The maximum atomic E-state index is 8.94. The number of nitrogen functional groups attached to an aromatic ring is 1. The summed E-state index contributed by atoms with van der Waals surface area (Å²) in [6.45, 7) is 4.09. The van der Waals surface area contributed by atoms with Crippen LogP contribution in [0.5, 0.6) is 0 Å². The largest absolute Gasteiger partial charge is 0.395 e. The minimum Gasteiger partial charge on any atom is -0.395 e. The molecule has 0 spiro atoms. The van der Waals surface area contributed by atoms with Crippen molar-refractivity contribution in [3.05, 3.63) is 53.2 Å². The number of hydrogen-bond acceptors (Lipinski definition) is 4. The van der Waals surface area contributed by atoms with Gasteiger partial charge in [-0.25, -0.2) is 4.98 Å². The van der Waals surface area contributed by atoms with Crippen molar-refractivity contribution in [2.45, 2.75) is 19.9 Å². The molecule has 0 amide bonds. The molecule has 0 saturated carbocycles. The summed E-state index contributed by atoms with van der Waals surface area (Å²) in [5, 5.41) is 12.2. The van der Waals surface area contributed by atoms with Crippen LogP contribution in [0.1, 0.15) is 29.7 Å². The van der Waals surface area contributed by atoms with Crippen LogP contribution in [-0.4, -0.2) is 4.98 Å². The summed E-state index contributed by atoms with van der Waals surface area (Å²) in [6.07, 6.45) is 1.58. The number of anilines is 2. The Balaban J connectivity index is 2.22. The molecule has 0 fully saturated rings. The summed E-state index contributed by atoms with van der Waals surface area (Å²) in [4.78, 5) is 4.18. The van der Waals surface area contributed by atoms with Gasteiger partial charge in [0.15, 0.2) is 5.82 Å². The number of aromatic nitrogens is 1. The Kier molecular flexibility index (Phi) is 3.67. The zero-order chi connectivity index (χ0) is 13.8. The van der Waals surface area contributed by atoms with Crippen molar-refractivity contribution in [1.82, 2.24) is 4.98 Å². The van der Waals surface area contributed by atoms with Crippen molar-refractivity contribution in [3.63, 3.8) is 0 Å². The van der Waals surface area contributed by atoms with E-state index in [-0.39, 0.29) is 6.04 Å². The first-order valence-electron chi connectivity index (χ1n) is 6.09. The van der Waals surface area contributed by atoms with E-state index in [4.69, 9.17) is 11.0 Å². The van der Waals surface area contributed by atoms with Crippen molar-refractivity contribution in [2.24, 2.45) is 0 Å². The monoisotopic (exact) mass is 252 g/mol. The van der Waals surface area contributed by atoms with Gasteiger partial charge in [-0.1, -0.05) is 29.8 Å². The summed E-state index contributed by atoms with van der Waals surface area (Å²) in [7, 11) is 0. The normalized spacial score (nSPS) is 11.6. The second kappa shape index (κ2) is 5.40. The fourth-order valence-electron chi connectivity index (χ4n) is 1.83. The van der Waals surface area contributed by atoms with Gasteiger partial charge >= 0.3 is 0 Å². The Hall–Kier alpha value is -2.54. The Bertz CT molecular complexity index is 611. The quantitative estimate of drug-likeness (QED) is 0.880. The van der Waals surface area contributed by atoms with Crippen LogP contribution in [0.15, 0.2) is 36.5 Å². The van der Waals surface area contributed by atoms with E-state index < -0.39 is 0 Å². The van der Waals surface area contributed by atoms with E-state index in [1.165, 1.54) is 5.56 Å². The van der Waals surface area contributed by atoms with Crippen LogP contribution >= 0.6 is 0 Å². The number of rotatable bonds is 3. The lowest BCUT2D eigenvalue weighted by atomic mass is 10.1. The topological polar surface area (TPSA) is 74.7 Å². The number of nitrogens with one attached hydrogen (secondary N) is 1. The number of nitrogens with zero attached hydrogens (tertiary/aromatic N) is 2. The van der Waals surface area contributed by atoms with E-state index in [0.29, 0.717) is 17.1 Å². The molecule has 0 aliphatic carbocycles. The first-order valence-corrected chi connectivity index (χ1v) is 6.09. The lowest BCUT2D eigenvalue weighted by Crippen LogP contribution is -2.10. The fraction of sp³-hybridized carbons (Fsp3) is 0.200. The van der Waals surface area contributed by atoms with E-state index in [9.17, 15) is 0 Å². The molecule has 2 rings (SSSR count). The summed E-state index contributed by atoms with van der Waals surface area (Å²) in [5.41, 5.74) is 9.10. The first kappa shape index (κ1) is 12.9. The van der Waals surface area contributed by atoms with Crippen molar-refractivity contribution in [2.75, 3.05) is 11.1 Å². The molecule has 4 nitrogen and oxygen atoms in total. The third-order valence-corrected chi connectivity index (χ3v) is 3.04. The predicted octanol–water partition coefficient (Wildman–Crippen LogP) is 3.02. The summed E-state index contributed by atoms with van der Waals surface area (Å²) in [5.74, 6) is 0.548. The molecule has 2 aromatic rings. The summed E-state index contributed by atoms with van der Waals surface area (Å²) in [6, 6.07) is 12.0. The number of pyridine rings is 1. The highest BCUT2D eigenvalue weighted by molar-refractivity contribution is 5.69. The molecule has 0 bridgehead atoms. The third-order valence-electron chi connectivity index (χ3n) is 3.04. The Morgan fingerprint density at radius 2 is 1.95 bits per heavy atom. The first-order chi connectivity index (χ1) is 9.11. The van der Waals surface area contributed by atoms with Crippen LogP contribution in [-0.2, 0) is 0 Å². The number of nitrogens with two attached hydrogens (primary N) is 1. The van der Waals surface area contributed by atoms with Gasteiger partial charge in [0.05, 0.1) is 17.3 Å². The van der Waals surface area contributed by atoms with Crippen molar-refractivity contribution in [3.8, 4) is 6.07 Å². The molecule has 0 aliphatic rings. The Morgan fingerprint density at radius 1 is 1.26 bits per heavy atom. The molecule has 1 aromatic heterocycles. The Morgan fingerprint density at radius 3 is 2.58 bits per heavy atom. The molecule has 1 aromatic carbocycles. The summed E-state index contributed by atoms with van der Waals surface area (Å²) < 4.78 is 0. The molecule has 1 heterocycles. The van der Waals surface area contributed by atoms with E-state index in [2.05, 4.69) is 47.6 Å². The van der Waals surface area contributed by atoms with Gasteiger partial charge in [0.2, 0.25) is 0 Å². The summed E-state index contributed by atoms with van der Waals surface area (Å²) >= 11 is 0. The van der Waals surface area contributed by atoms with Crippen LogP contribution in [0.3, 0.4) is 0 Å². The third kappa shape index (κ3) is 2.83. The van der Waals surface area contributed by atoms with Crippen LogP contribution in [0.25, 0.3) is 0 Å². The highest BCUT2D eigenvalue weighted by Crippen LogP contribution is 2.24. The molecule has 1 unspecified atom stereocenters. The maximum Gasteiger partial charge on any atom is 0.151 e. The molecule has 1 atom stereocenters. The molecule has 96 valence electrons. The molecule has 4 heteroatoms. The fourth-order valence-corrected chi connectivity index (χ4v) is 1.83. The van der Waals surface area contributed by atoms with Gasteiger partial charge in [0.1, 0.15) is 6.07 Å². The van der Waals surface area contributed by atoms with Gasteiger partial charge < -0.3 is 11.1 Å². The van der Waals surface area contributed by atoms with E-state index in [1.54, 1.807) is 12.3 Å². The minimum absolute atomic E-state index is 0.0735. The molecule has 0 radical (unpaired) electrons. The average molecular weight is 252 g/mol. The van der Waals surface area contributed by atoms with Crippen LogP contribution in [0.2, 0.25) is 0 Å². The van der Waals surface area contributed by atoms with Crippen LogP contribution in [0.4, 0.5) is 11.5 Å². The van der Waals surface area contributed by atoms with Gasteiger partial charge in [-0.2, -0.15) is 5.26 Å². The smallest absolute Gasteiger partial charge is 0.151 e. The van der Waals surface area contributed by atoms with E-state index in [1.807, 2.05) is 6.92 Å². The van der Waals surface area contributed by atoms with Gasteiger partial charge in [-0.15, -0.1) is 0 Å². The van der Waals surface area contributed by atoms with Gasteiger partial charge in [-0.05, 0) is 25.5 Å². The lowest BCUT2D eigenvalue weighted by molar-refractivity contribution is 0.874. The lowest BCUT2D eigenvalue weighted by Gasteiger charge is -2.16. The highest BCUT2D eigenvalue weighted by atomic mass is 15.0. The predicted molar refractivity (Wildman–Crippen MR) is 76.6 cm³/mol. The van der Waals surface area contributed by atoms with Gasteiger partial charge in [0, 0.05) is 6.20 Å². The SMILES string of the molecule is Cc1ccc(C(C)Nc2nccc(C#N)c2N)cc1. The van der Waals surface area contributed by atoms with Crippen molar-refractivity contribution >= 4 is 11.5 Å². The zero-order valence-electron chi connectivity index (χ0n) is 11.0. The van der Waals surface area contributed by atoms with Crippen LogP contribution in [0, 0.1) is 18.3 Å². The van der Waals surface area contributed by atoms with E-state index >= 15 is 0 Å². The molecule has 0 aliphatic heterocycles. The standard InChI is InChI=1S/C15H16N4/c1-10-3-5-12(6-4-10)11(2)19-15-14(17)13(9-16)7-8-18-15/h3-8,11H,17H2,1-2H3,(H,18,19). The van der Waals surface area contributed by atoms with Gasteiger partial charge in [0.25, 0.3) is 0 Å². The molecular formula is C15H16N4. The average Bonchev–Trinajstić information content (AvgIpc) is 2.42. The van der Waals surface area contributed by atoms with Crippen LogP contribution < -0.4 is 11.1 Å². The Labute approximate surface area is 112 Å². The molecule has 19 heavy (non-hydrogen) atoms. The minimum atomic E-state index is 0.0735. The molecule has 0 saturated heterocycles. The molecular weight excluding hydrogens is 236 g/mol. The number of nitriles is 1. The van der Waals surface area contributed by atoms with E-state index in [0.717, 1.165) is 5.56 Å². The molecule has 3 N–H and O–H groups in total. The zero-order valence-corrected chi connectivity index (χ0v) is 11.0. The number of aryl methyl sites for hydroxylation is 1. The van der Waals surface area contributed by atoms with Crippen molar-refractivity contribution < 1.29 is 0 Å². The van der Waals surface area contributed by atoms with Crippen molar-refractivity contribution in [1.29, 1.82) is 5.26 Å². The second-order valence-corrected chi connectivity index (χ2v) is 4.51. The number of hydrogen-bond donors (Lipinski definition) is 2. The second-order valence-electron chi connectivity index (χ2n) is 4.51. The maximum absolute atomic E-state index is 8.94.